The van der Waals surface area contributed by atoms with Gasteiger partial charge in [0.25, 0.3) is 0 Å². The Labute approximate surface area is 92.7 Å². The van der Waals surface area contributed by atoms with Gasteiger partial charge in [-0.2, -0.15) is 10.5 Å². The molecule has 5 nitrogen and oxygen atoms in total. The van der Waals surface area contributed by atoms with Crippen LogP contribution in [0.1, 0.15) is 6.92 Å². The second-order valence-electron chi connectivity index (χ2n) is 2.29. The standard InChI is InChI=1S/C9H11N3O2S/c1-3-14-8(13)6-12-9(15-2)7(4-10)5-11/h12H,3,6H2,1-2H3. The zero-order valence-electron chi connectivity index (χ0n) is 8.53. The summed E-state index contributed by atoms with van der Waals surface area (Å²) in [7, 11) is 0. The van der Waals surface area contributed by atoms with E-state index in [9.17, 15) is 4.79 Å². The van der Waals surface area contributed by atoms with E-state index in [4.69, 9.17) is 10.5 Å². The predicted molar refractivity (Wildman–Crippen MR) is 56.4 cm³/mol. The van der Waals surface area contributed by atoms with Gasteiger partial charge in [-0.25, -0.2) is 0 Å². The number of ether oxygens (including phenoxy) is 1. The molecule has 0 rings (SSSR count). The van der Waals surface area contributed by atoms with Crippen molar-refractivity contribution in [3.63, 3.8) is 0 Å². The van der Waals surface area contributed by atoms with Gasteiger partial charge >= 0.3 is 5.97 Å². The van der Waals surface area contributed by atoms with Crippen LogP contribution in [0.25, 0.3) is 0 Å². The predicted octanol–water partition coefficient (Wildman–Crippen LogP) is 0.761. The Kier molecular flexibility index (Phi) is 6.86. The molecule has 0 saturated heterocycles. The molecule has 0 unspecified atom stereocenters. The second-order valence-corrected chi connectivity index (χ2v) is 3.11. The van der Waals surface area contributed by atoms with Gasteiger partial charge in [0.1, 0.15) is 18.7 Å². The van der Waals surface area contributed by atoms with Gasteiger partial charge < -0.3 is 10.1 Å². The summed E-state index contributed by atoms with van der Waals surface area (Å²) in [5.74, 6) is -0.417. The first kappa shape index (κ1) is 13.3. The van der Waals surface area contributed by atoms with Crippen LogP contribution in [0, 0.1) is 22.7 Å². The summed E-state index contributed by atoms with van der Waals surface area (Å²) in [5.41, 5.74) is -0.0354. The van der Waals surface area contributed by atoms with Gasteiger partial charge in [-0.05, 0) is 13.2 Å². The van der Waals surface area contributed by atoms with Gasteiger partial charge in [0.15, 0.2) is 5.57 Å². The molecule has 1 N–H and O–H groups in total. The lowest BCUT2D eigenvalue weighted by Crippen LogP contribution is -2.23. The molecule has 0 aliphatic carbocycles. The van der Waals surface area contributed by atoms with Crippen molar-refractivity contribution in [2.24, 2.45) is 0 Å². The molecule has 0 aromatic carbocycles. The molecule has 0 atom stereocenters. The number of thioether (sulfide) groups is 1. The smallest absolute Gasteiger partial charge is 0.325 e. The number of nitriles is 2. The Morgan fingerprint density at radius 1 is 1.47 bits per heavy atom. The molecule has 0 aliphatic heterocycles. The van der Waals surface area contributed by atoms with Crippen LogP contribution in [0.15, 0.2) is 10.6 Å². The van der Waals surface area contributed by atoms with Gasteiger partial charge in [0.2, 0.25) is 0 Å². The highest BCUT2D eigenvalue weighted by molar-refractivity contribution is 8.02. The van der Waals surface area contributed by atoms with Gasteiger partial charge in [-0.1, -0.05) is 0 Å². The van der Waals surface area contributed by atoms with E-state index < -0.39 is 5.97 Å². The number of hydrogen-bond donors (Lipinski definition) is 1. The monoisotopic (exact) mass is 225 g/mol. The molecule has 0 radical (unpaired) electrons. The number of carbonyl (C=O) groups is 1. The third-order valence-electron chi connectivity index (χ3n) is 1.35. The first-order valence-corrected chi connectivity index (χ1v) is 5.40. The maximum Gasteiger partial charge on any atom is 0.325 e. The van der Waals surface area contributed by atoms with Crippen molar-refractivity contribution in [2.45, 2.75) is 6.92 Å². The molecule has 0 aromatic rings. The quantitative estimate of drug-likeness (QED) is 0.549. The van der Waals surface area contributed by atoms with Crippen LogP contribution in [-0.2, 0) is 9.53 Å². The minimum Gasteiger partial charge on any atom is -0.465 e. The normalized spacial score (nSPS) is 8.27. The topological polar surface area (TPSA) is 85.9 Å². The maximum atomic E-state index is 11.0. The third kappa shape index (κ3) is 4.94. The number of nitrogens with zero attached hydrogens (tertiary/aromatic N) is 2. The maximum absolute atomic E-state index is 11.0. The molecule has 0 spiro atoms. The van der Waals surface area contributed by atoms with E-state index in [-0.39, 0.29) is 12.1 Å². The van der Waals surface area contributed by atoms with E-state index in [0.717, 1.165) is 0 Å². The third-order valence-corrected chi connectivity index (χ3v) is 2.11. The van der Waals surface area contributed by atoms with Crippen LogP contribution in [0.5, 0.6) is 0 Å². The van der Waals surface area contributed by atoms with Crippen LogP contribution in [-0.4, -0.2) is 25.4 Å². The van der Waals surface area contributed by atoms with E-state index in [1.54, 1.807) is 25.3 Å². The minimum absolute atomic E-state index is 0.0354. The van der Waals surface area contributed by atoms with E-state index >= 15 is 0 Å². The van der Waals surface area contributed by atoms with Crippen LogP contribution in [0.2, 0.25) is 0 Å². The molecule has 0 amide bonds. The summed E-state index contributed by atoms with van der Waals surface area (Å²) in [4.78, 5) is 11.0. The zero-order chi connectivity index (χ0) is 11.7. The lowest BCUT2D eigenvalue weighted by atomic mass is 10.3. The number of esters is 1. The van der Waals surface area contributed by atoms with Crippen molar-refractivity contribution >= 4 is 17.7 Å². The fourth-order valence-corrected chi connectivity index (χ4v) is 1.27. The van der Waals surface area contributed by atoms with Crippen LogP contribution >= 0.6 is 11.8 Å². The Bertz CT molecular complexity index is 322. The Hall–Kier alpha value is -1.66. The summed E-state index contributed by atoms with van der Waals surface area (Å²) in [6, 6.07) is 3.48. The number of hydrogen-bond acceptors (Lipinski definition) is 6. The van der Waals surface area contributed by atoms with E-state index in [0.29, 0.717) is 11.6 Å². The van der Waals surface area contributed by atoms with E-state index in [1.807, 2.05) is 0 Å². The minimum atomic E-state index is -0.417. The number of allylic oxidation sites excluding steroid dienone is 1. The molecule has 0 heterocycles. The zero-order valence-corrected chi connectivity index (χ0v) is 9.35. The highest BCUT2D eigenvalue weighted by Crippen LogP contribution is 2.12. The van der Waals surface area contributed by atoms with Gasteiger partial charge in [0.05, 0.1) is 11.6 Å². The molecule has 0 aliphatic rings. The van der Waals surface area contributed by atoms with Crippen molar-refractivity contribution in [2.75, 3.05) is 19.4 Å². The lowest BCUT2D eigenvalue weighted by Gasteiger charge is -2.07. The summed E-state index contributed by atoms with van der Waals surface area (Å²) in [5, 5.41) is 20.3. The summed E-state index contributed by atoms with van der Waals surface area (Å²) < 4.78 is 4.68. The largest absolute Gasteiger partial charge is 0.465 e. The van der Waals surface area contributed by atoms with Crippen LogP contribution in [0.3, 0.4) is 0 Å². The molecule has 0 fully saturated rings. The Morgan fingerprint density at radius 3 is 2.47 bits per heavy atom. The summed E-state index contributed by atoms with van der Waals surface area (Å²) in [6.45, 7) is 1.97. The first-order valence-electron chi connectivity index (χ1n) is 4.17. The number of nitrogens with one attached hydrogen (secondary N) is 1. The first-order chi connectivity index (χ1) is 7.19. The van der Waals surface area contributed by atoms with Crippen molar-refractivity contribution < 1.29 is 9.53 Å². The fraction of sp³-hybridized carbons (Fsp3) is 0.444. The highest BCUT2D eigenvalue weighted by Gasteiger charge is 2.07. The lowest BCUT2D eigenvalue weighted by molar-refractivity contribution is -0.141. The Balaban J connectivity index is 4.38. The highest BCUT2D eigenvalue weighted by atomic mass is 32.2. The average Bonchev–Trinajstić information content (AvgIpc) is 2.24. The molecule has 0 aromatic heterocycles. The number of carbonyl (C=O) groups excluding carboxylic acids is 1. The molecular weight excluding hydrogens is 214 g/mol. The average molecular weight is 225 g/mol. The molecule has 15 heavy (non-hydrogen) atoms. The summed E-state index contributed by atoms with van der Waals surface area (Å²) >= 11 is 1.20. The molecule has 0 bridgehead atoms. The van der Waals surface area contributed by atoms with Crippen molar-refractivity contribution in [1.82, 2.24) is 5.32 Å². The Morgan fingerprint density at radius 2 is 2.07 bits per heavy atom. The van der Waals surface area contributed by atoms with Crippen molar-refractivity contribution in [3.8, 4) is 12.1 Å². The second kappa shape index (κ2) is 7.72. The van der Waals surface area contributed by atoms with Crippen LogP contribution < -0.4 is 5.32 Å². The molecule has 0 saturated carbocycles. The fourth-order valence-electron chi connectivity index (χ4n) is 0.754. The number of rotatable bonds is 5. The van der Waals surface area contributed by atoms with E-state index in [1.165, 1.54) is 11.8 Å². The van der Waals surface area contributed by atoms with Gasteiger partial charge in [-0.15, -0.1) is 11.8 Å². The molecule has 80 valence electrons. The van der Waals surface area contributed by atoms with E-state index in [2.05, 4.69) is 10.1 Å². The van der Waals surface area contributed by atoms with Crippen molar-refractivity contribution in [3.05, 3.63) is 10.6 Å². The van der Waals surface area contributed by atoms with Crippen molar-refractivity contribution in [1.29, 1.82) is 10.5 Å². The molecular formula is C9H11N3O2S. The van der Waals surface area contributed by atoms with Gasteiger partial charge in [-0.3, -0.25) is 4.79 Å². The van der Waals surface area contributed by atoms with Gasteiger partial charge in [0, 0.05) is 0 Å². The van der Waals surface area contributed by atoms with Crippen LogP contribution in [0.4, 0.5) is 0 Å². The summed E-state index contributed by atoms with van der Waals surface area (Å²) in [6.07, 6.45) is 1.71. The SMILES string of the molecule is CCOC(=O)CNC(SC)=C(C#N)C#N. The molecule has 6 heteroatoms.